The van der Waals surface area contributed by atoms with Crippen LogP contribution in [-0.4, -0.2) is 63.1 Å². The molecule has 29 heavy (non-hydrogen) atoms. The SMILES string of the molecule is CN=C(NCC(=O)N1CCc2ccccc21)N1CCN(c2ccc(F)cc2)CC1. The van der Waals surface area contributed by atoms with E-state index in [1.54, 1.807) is 7.05 Å². The lowest BCUT2D eigenvalue weighted by atomic mass is 10.2. The third kappa shape index (κ3) is 4.18. The largest absolute Gasteiger partial charge is 0.368 e. The minimum Gasteiger partial charge on any atom is -0.368 e. The van der Waals surface area contributed by atoms with Crippen molar-refractivity contribution in [3.8, 4) is 0 Å². The quantitative estimate of drug-likeness (QED) is 0.639. The topological polar surface area (TPSA) is 51.2 Å². The number of aliphatic imine (C=N–C) groups is 1. The number of anilines is 2. The van der Waals surface area contributed by atoms with Gasteiger partial charge in [0, 0.05) is 51.1 Å². The number of hydrogen-bond acceptors (Lipinski definition) is 3. The van der Waals surface area contributed by atoms with Crippen molar-refractivity contribution >= 4 is 23.2 Å². The molecule has 1 fully saturated rings. The molecule has 4 rings (SSSR count). The maximum absolute atomic E-state index is 13.1. The highest BCUT2D eigenvalue weighted by Crippen LogP contribution is 2.27. The number of carbonyl (C=O) groups excluding carboxylic acids is 1. The van der Waals surface area contributed by atoms with Crippen LogP contribution in [0, 0.1) is 5.82 Å². The summed E-state index contributed by atoms with van der Waals surface area (Å²) in [7, 11) is 1.74. The number of nitrogens with one attached hydrogen (secondary N) is 1. The normalized spacial score (nSPS) is 16.8. The number of piperazine rings is 1. The number of nitrogens with zero attached hydrogens (tertiary/aromatic N) is 4. The lowest BCUT2D eigenvalue weighted by molar-refractivity contribution is -0.117. The summed E-state index contributed by atoms with van der Waals surface area (Å²) in [5.41, 5.74) is 3.27. The van der Waals surface area contributed by atoms with E-state index in [1.807, 2.05) is 35.2 Å². The first-order valence-electron chi connectivity index (χ1n) is 10.00. The van der Waals surface area contributed by atoms with E-state index >= 15 is 0 Å². The fraction of sp³-hybridized carbons (Fsp3) is 0.364. The van der Waals surface area contributed by atoms with Gasteiger partial charge in [0.05, 0.1) is 6.54 Å². The number of fused-ring (bicyclic) bond motifs is 1. The van der Waals surface area contributed by atoms with Gasteiger partial charge in [-0.05, 0) is 42.3 Å². The summed E-state index contributed by atoms with van der Waals surface area (Å²) in [4.78, 5) is 23.3. The second kappa shape index (κ2) is 8.51. The summed E-state index contributed by atoms with van der Waals surface area (Å²) in [5.74, 6) is 0.577. The van der Waals surface area contributed by atoms with Crippen molar-refractivity contribution in [1.29, 1.82) is 0 Å². The highest BCUT2D eigenvalue weighted by Gasteiger charge is 2.25. The molecule has 2 aromatic rings. The van der Waals surface area contributed by atoms with Crippen LogP contribution < -0.4 is 15.1 Å². The molecular formula is C22H26FN5O. The van der Waals surface area contributed by atoms with E-state index in [4.69, 9.17) is 0 Å². The minimum atomic E-state index is -0.220. The molecule has 0 aliphatic carbocycles. The maximum atomic E-state index is 13.1. The zero-order valence-electron chi connectivity index (χ0n) is 16.6. The highest BCUT2D eigenvalue weighted by molar-refractivity contribution is 5.98. The standard InChI is InChI=1S/C22H26FN5O/c1-24-22(25-16-21(29)28-11-10-17-4-2-3-5-20(17)28)27-14-12-26(13-15-27)19-8-6-18(23)7-9-19/h2-9H,10-16H2,1H3,(H,24,25). The van der Waals surface area contributed by atoms with Crippen LogP contribution in [0.4, 0.5) is 15.8 Å². The predicted molar refractivity (Wildman–Crippen MR) is 114 cm³/mol. The monoisotopic (exact) mass is 395 g/mol. The Bertz CT molecular complexity index is 890. The van der Waals surface area contributed by atoms with Gasteiger partial charge >= 0.3 is 0 Å². The lowest BCUT2D eigenvalue weighted by Gasteiger charge is -2.37. The van der Waals surface area contributed by atoms with Crippen LogP contribution in [0.3, 0.4) is 0 Å². The lowest BCUT2D eigenvalue weighted by Crippen LogP contribution is -2.54. The van der Waals surface area contributed by atoms with Crippen molar-refractivity contribution in [3.05, 3.63) is 59.9 Å². The molecule has 152 valence electrons. The van der Waals surface area contributed by atoms with E-state index in [9.17, 15) is 9.18 Å². The number of guanidine groups is 1. The first-order valence-corrected chi connectivity index (χ1v) is 10.00. The Kier molecular flexibility index (Phi) is 5.64. The molecule has 0 aromatic heterocycles. The van der Waals surface area contributed by atoms with Gasteiger partial charge in [-0.2, -0.15) is 0 Å². The number of rotatable bonds is 3. The van der Waals surface area contributed by atoms with Crippen molar-refractivity contribution < 1.29 is 9.18 Å². The summed E-state index contributed by atoms with van der Waals surface area (Å²) in [6.07, 6.45) is 0.905. The Balaban J connectivity index is 1.30. The first kappa shape index (κ1) is 19.2. The van der Waals surface area contributed by atoms with Gasteiger partial charge in [0.15, 0.2) is 5.96 Å². The fourth-order valence-electron chi connectivity index (χ4n) is 4.01. The van der Waals surface area contributed by atoms with Crippen LogP contribution in [-0.2, 0) is 11.2 Å². The molecule has 0 bridgehead atoms. The Hall–Kier alpha value is -3.09. The number of hydrogen-bond donors (Lipinski definition) is 1. The molecule has 0 saturated carbocycles. The van der Waals surface area contributed by atoms with Crippen molar-refractivity contribution in [2.24, 2.45) is 4.99 Å². The van der Waals surface area contributed by atoms with E-state index in [0.717, 1.165) is 56.5 Å². The molecule has 1 amide bonds. The molecule has 7 heteroatoms. The Labute approximate surface area is 170 Å². The Morgan fingerprint density at radius 3 is 2.48 bits per heavy atom. The third-order valence-corrected chi connectivity index (χ3v) is 5.57. The van der Waals surface area contributed by atoms with Crippen molar-refractivity contribution in [1.82, 2.24) is 10.2 Å². The van der Waals surface area contributed by atoms with Crippen LogP contribution in [0.25, 0.3) is 0 Å². The Morgan fingerprint density at radius 1 is 1.03 bits per heavy atom. The number of amides is 1. The second-order valence-electron chi connectivity index (χ2n) is 7.28. The summed E-state index contributed by atoms with van der Waals surface area (Å²) in [5, 5.41) is 3.23. The van der Waals surface area contributed by atoms with E-state index in [2.05, 4.69) is 26.2 Å². The number of carbonyl (C=O) groups is 1. The van der Waals surface area contributed by atoms with Gasteiger partial charge in [-0.15, -0.1) is 0 Å². The maximum Gasteiger partial charge on any atom is 0.246 e. The molecule has 1 N–H and O–H groups in total. The number of halogens is 1. The molecule has 0 unspecified atom stereocenters. The summed E-state index contributed by atoms with van der Waals surface area (Å²) in [6, 6.07) is 14.7. The molecule has 2 heterocycles. The molecule has 2 aromatic carbocycles. The zero-order valence-corrected chi connectivity index (χ0v) is 16.6. The van der Waals surface area contributed by atoms with Gasteiger partial charge < -0.3 is 20.0 Å². The van der Waals surface area contributed by atoms with Crippen LogP contribution >= 0.6 is 0 Å². The number of benzene rings is 2. The summed E-state index contributed by atoms with van der Waals surface area (Å²) < 4.78 is 13.1. The van der Waals surface area contributed by atoms with Gasteiger partial charge in [0.25, 0.3) is 0 Å². The van der Waals surface area contributed by atoms with Gasteiger partial charge in [0.2, 0.25) is 5.91 Å². The van der Waals surface area contributed by atoms with Gasteiger partial charge in [-0.3, -0.25) is 9.79 Å². The average Bonchev–Trinajstić information content (AvgIpc) is 3.19. The minimum absolute atomic E-state index is 0.0565. The molecule has 1 saturated heterocycles. The van der Waals surface area contributed by atoms with Crippen LogP contribution in [0.5, 0.6) is 0 Å². The van der Waals surface area contributed by atoms with Crippen molar-refractivity contribution in [2.45, 2.75) is 6.42 Å². The molecule has 0 spiro atoms. The highest BCUT2D eigenvalue weighted by atomic mass is 19.1. The van der Waals surface area contributed by atoms with Crippen molar-refractivity contribution in [3.63, 3.8) is 0 Å². The fourth-order valence-corrected chi connectivity index (χ4v) is 4.01. The van der Waals surface area contributed by atoms with Gasteiger partial charge in [-0.1, -0.05) is 18.2 Å². The van der Waals surface area contributed by atoms with E-state index < -0.39 is 0 Å². The van der Waals surface area contributed by atoms with Crippen LogP contribution in [0.15, 0.2) is 53.5 Å². The zero-order chi connectivity index (χ0) is 20.2. The van der Waals surface area contributed by atoms with Gasteiger partial charge in [0.1, 0.15) is 5.82 Å². The summed E-state index contributed by atoms with van der Waals surface area (Å²) in [6.45, 7) is 4.17. The Morgan fingerprint density at radius 2 is 1.76 bits per heavy atom. The van der Waals surface area contributed by atoms with Gasteiger partial charge in [-0.25, -0.2) is 4.39 Å². The van der Waals surface area contributed by atoms with E-state index in [0.29, 0.717) is 0 Å². The van der Waals surface area contributed by atoms with E-state index in [1.165, 1.54) is 17.7 Å². The van der Waals surface area contributed by atoms with E-state index in [-0.39, 0.29) is 18.3 Å². The summed E-state index contributed by atoms with van der Waals surface area (Å²) >= 11 is 0. The average molecular weight is 395 g/mol. The third-order valence-electron chi connectivity index (χ3n) is 5.57. The second-order valence-corrected chi connectivity index (χ2v) is 7.28. The number of para-hydroxylation sites is 1. The first-order chi connectivity index (χ1) is 14.2. The smallest absolute Gasteiger partial charge is 0.246 e. The molecule has 2 aliphatic heterocycles. The molecule has 0 atom stereocenters. The van der Waals surface area contributed by atoms with Crippen LogP contribution in [0.2, 0.25) is 0 Å². The predicted octanol–water partition coefficient (Wildman–Crippen LogP) is 2.11. The molecule has 6 nitrogen and oxygen atoms in total. The van der Waals surface area contributed by atoms with Crippen LogP contribution in [0.1, 0.15) is 5.56 Å². The molecular weight excluding hydrogens is 369 g/mol. The molecule has 2 aliphatic rings. The molecule has 0 radical (unpaired) electrons. The van der Waals surface area contributed by atoms with Crippen molar-refractivity contribution in [2.75, 3.05) is 56.1 Å².